The van der Waals surface area contributed by atoms with Gasteiger partial charge >= 0.3 is 0 Å². The third kappa shape index (κ3) is 2.70. The van der Waals surface area contributed by atoms with Gasteiger partial charge in [0.05, 0.1) is 0 Å². The molecule has 1 heterocycles. The smallest absolute Gasteiger partial charge is 0.249 e. The number of carbonyl (C=O) groups is 1. The highest BCUT2D eigenvalue weighted by Crippen LogP contribution is 2.30. The molecule has 1 amide bonds. The lowest BCUT2D eigenvalue weighted by molar-refractivity contribution is 0.0999. The lowest BCUT2D eigenvalue weighted by atomic mass is 9.99. The van der Waals surface area contributed by atoms with Gasteiger partial charge in [-0.1, -0.05) is 24.3 Å². The second-order valence-electron chi connectivity index (χ2n) is 5.43. The number of nitrogens with zero attached hydrogens (tertiary/aromatic N) is 1. The monoisotopic (exact) mass is 281 g/mol. The minimum Gasteiger partial charge on any atom is -0.399 e. The van der Waals surface area contributed by atoms with Crippen molar-refractivity contribution in [3.63, 3.8) is 0 Å². The molecule has 4 heteroatoms. The maximum atomic E-state index is 11.5. The molecule has 3 rings (SSSR count). The van der Waals surface area contributed by atoms with Crippen molar-refractivity contribution in [3.05, 3.63) is 59.2 Å². The lowest BCUT2D eigenvalue weighted by Crippen LogP contribution is -2.30. The van der Waals surface area contributed by atoms with Gasteiger partial charge in [-0.3, -0.25) is 4.79 Å². The Labute approximate surface area is 124 Å². The molecule has 1 aliphatic rings. The maximum Gasteiger partial charge on any atom is 0.249 e. The van der Waals surface area contributed by atoms with Gasteiger partial charge in [0.25, 0.3) is 0 Å². The van der Waals surface area contributed by atoms with Gasteiger partial charge < -0.3 is 16.4 Å². The molecule has 1 aliphatic heterocycles. The van der Waals surface area contributed by atoms with Crippen LogP contribution >= 0.6 is 0 Å². The molecule has 0 atom stereocenters. The number of fused-ring (bicyclic) bond motifs is 1. The van der Waals surface area contributed by atoms with Gasteiger partial charge in [0.15, 0.2) is 0 Å². The van der Waals surface area contributed by atoms with E-state index in [1.54, 1.807) is 6.07 Å². The van der Waals surface area contributed by atoms with Crippen LogP contribution in [0.15, 0.2) is 42.5 Å². The van der Waals surface area contributed by atoms with E-state index in [0.29, 0.717) is 12.1 Å². The fourth-order valence-corrected chi connectivity index (χ4v) is 2.94. The highest BCUT2D eigenvalue weighted by molar-refractivity contribution is 5.94. The molecule has 0 saturated carbocycles. The molecule has 21 heavy (non-hydrogen) atoms. The minimum absolute atomic E-state index is 0.379. The molecule has 0 fully saturated rings. The van der Waals surface area contributed by atoms with Crippen molar-refractivity contribution in [1.82, 2.24) is 0 Å². The zero-order valence-electron chi connectivity index (χ0n) is 11.9. The van der Waals surface area contributed by atoms with Crippen LogP contribution in [-0.4, -0.2) is 12.5 Å². The topological polar surface area (TPSA) is 72.4 Å². The standard InChI is InChI=1S/C17H19N3O/c18-14-8-7-12-5-3-9-20(16(12)10-14)11-13-4-1-2-6-15(13)17(19)21/h1-2,4,6-8,10H,3,5,9,11,18H2,(H2,19,21). The van der Waals surface area contributed by atoms with Gasteiger partial charge in [0, 0.05) is 30.0 Å². The van der Waals surface area contributed by atoms with Crippen LogP contribution in [0.2, 0.25) is 0 Å². The molecule has 2 aromatic rings. The van der Waals surface area contributed by atoms with E-state index < -0.39 is 0 Å². The fraction of sp³-hybridized carbons (Fsp3) is 0.235. The summed E-state index contributed by atoms with van der Waals surface area (Å²) in [6.07, 6.45) is 2.18. The normalized spacial score (nSPS) is 13.8. The van der Waals surface area contributed by atoms with E-state index in [1.807, 2.05) is 30.3 Å². The van der Waals surface area contributed by atoms with Crippen molar-refractivity contribution in [3.8, 4) is 0 Å². The van der Waals surface area contributed by atoms with E-state index in [2.05, 4.69) is 11.0 Å². The number of nitrogens with two attached hydrogens (primary N) is 2. The number of benzene rings is 2. The predicted molar refractivity (Wildman–Crippen MR) is 85.2 cm³/mol. The third-order valence-electron chi connectivity index (χ3n) is 3.97. The lowest BCUT2D eigenvalue weighted by Gasteiger charge is -2.32. The Balaban J connectivity index is 1.94. The van der Waals surface area contributed by atoms with Crippen LogP contribution in [0.3, 0.4) is 0 Å². The van der Waals surface area contributed by atoms with Crippen molar-refractivity contribution < 1.29 is 4.79 Å². The fourth-order valence-electron chi connectivity index (χ4n) is 2.94. The van der Waals surface area contributed by atoms with E-state index in [0.717, 1.165) is 30.6 Å². The van der Waals surface area contributed by atoms with Crippen LogP contribution in [0.25, 0.3) is 0 Å². The van der Waals surface area contributed by atoms with Gasteiger partial charge in [0.2, 0.25) is 5.91 Å². The first-order valence-electron chi connectivity index (χ1n) is 7.16. The molecule has 4 N–H and O–H groups in total. The molecule has 0 aliphatic carbocycles. The molecule has 4 nitrogen and oxygen atoms in total. The largest absolute Gasteiger partial charge is 0.399 e. The average Bonchev–Trinajstić information content (AvgIpc) is 2.48. The number of hydrogen-bond donors (Lipinski definition) is 2. The Morgan fingerprint density at radius 1 is 1.19 bits per heavy atom. The van der Waals surface area contributed by atoms with Gasteiger partial charge in [-0.2, -0.15) is 0 Å². The summed E-state index contributed by atoms with van der Waals surface area (Å²) in [6.45, 7) is 1.64. The Bertz CT molecular complexity index is 681. The van der Waals surface area contributed by atoms with E-state index in [1.165, 1.54) is 11.3 Å². The highest BCUT2D eigenvalue weighted by Gasteiger charge is 2.19. The first kappa shape index (κ1) is 13.5. The summed E-state index contributed by atoms with van der Waals surface area (Å²) < 4.78 is 0. The van der Waals surface area contributed by atoms with Gasteiger partial charge in [-0.25, -0.2) is 0 Å². The molecule has 0 unspecified atom stereocenters. The SMILES string of the molecule is NC(=O)c1ccccc1CN1CCCc2ccc(N)cc21. The van der Waals surface area contributed by atoms with Crippen LogP contribution in [0, 0.1) is 0 Å². The van der Waals surface area contributed by atoms with Crippen LogP contribution in [-0.2, 0) is 13.0 Å². The Morgan fingerprint density at radius 2 is 2.00 bits per heavy atom. The average molecular weight is 281 g/mol. The number of carbonyl (C=O) groups excluding carboxylic acids is 1. The second-order valence-corrected chi connectivity index (χ2v) is 5.43. The molecule has 0 bridgehead atoms. The van der Waals surface area contributed by atoms with E-state index >= 15 is 0 Å². The van der Waals surface area contributed by atoms with Crippen LogP contribution < -0.4 is 16.4 Å². The maximum absolute atomic E-state index is 11.5. The number of hydrogen-bond acceptors (Lipinski definition) is 3. The van der Waals surface area contributed by atoms with E-state index in [9.17, 15) is 4.79 Å². The van der Waals surface area contributed by atoms with Crippen LogP contribution in [0.5, 0.6) is 0 Å². The molecule has 0 radical (unpaired) electrons. The molecule has 0 aromatic heterocycles. The number of rotatable bonds is 3. The molecular weight excluding hydrogens is 262 g/mol. The van der Waals surface area contributed by atoms with Crippen molar-refractivity contribution in [1.29, 1.82) is 0 Å². The Hall–Kier alpha value is -2.49. The number of amides is 1. The second kappa shape index (κ2) is 5.48. The predicted octanol–water partition coefficient (Wildman–Crippen LogP) is 2.32. The van der Waals surface area contributed by atoms with Gasteiger partial charge in [0.1, 0.15) is 0 Å². The number of aryl methyl sites for hydroxylation is 1. The van der Waals surface area contributed by atoms with Crippen LogP contribution in [0.4, 0.5) is 11.4 Å². The summed E-state index contributed by atoms with van der Waals surface area (Å²) in [6, 6.07) is 13.6. The summed E-state index contributed by atoms with van der Waals surface area (Å²) >= 11 is 0. The summed E-state index contributed by atoms with van der Waals surface area (Å²) in [5.41, 5.74) is 16.2. The molecule has 0 spiro atoms. The Kier molecular flexibility index (Phi) is 3.52. The van der Waals surface area contributed by atoms with E-state index in [-0.39, 0.29) is 5.91 Å². The molecule has 0 saturated heterocycles. The first-order chi connectivity index (χ1) is 10.1. The number of nitrogen functional groups attached to an aromatic ring is 1. The van der Waals surface area contributed by atoms with Crippen molar-refractivity contribution in [2.75, 3.05) is 17.2 Å². The third-order valence-corrected chi connectivity index (χ3v) is 3.97. The zero-order valence-corrected chi connectivity index (χ0v) is 11.9. The minimum atomic E-state index is -0.379. The zero-order chi connectivity index (χ0) is 14.8. The van der Waals surface area contributed by atoms with Crippen molar-refractivity contribution in [2.24, 2.45) is 5.73 Å². The summed E-state index contributed by atoms with van der Waals surface area (Å²) in [5, 5.41) is 0. The van der Waals surface area contributed by atoms with Gasteiger partial charge in [-0.05, 0) is 42.2 Å². The highest BCUT2D eigenvalue weighted by atomic mass is 16.1. The van der Waals surface area contributed by atoms with Crippen molar-refractivity contribution >= 4 is 17.3 Å². The summed E-state index contributed by atoms with van der Waals surface area (Å²) in [7, 11) is 0. The van der Waals surface area contributed by atoms with Gasteiger partial charge in [-0.15, -0.1) is 0 Å². The molecular formula is C17H19N3O. The summed E-state index contributed by atoms with van der Waals surface area (Å²) in [5.74, 6) is -0.379. The number of primary amides is 1. The number of anilines is 2. The Morgan fingerprint density at radius 3 is 2.81 bits per heavy atom. The molecule has 2 aromatic carbocycles. The summed E-state index contributed by atoms with van der Waals surface area (Å²) in [4.78, 5) is 13.8. The molecule has 108 valence electrons. The first-order valence-corrected chi connectivity index (χ1v) is 7.16. The van der Waals surface area contributed by atoms with Crippen molar-refractivity contribution in [2.45, 2.75) is 19.4 Å². The van der Waals surface area contributed by atoms with E-state index in [4.69, 9.17) is 11.5 Å². The quantitative estimate of drug-likeness (QED) is 0.848. The van der Waals surface area contributed by atoms with Crippen LogP contribution in [0.1, 0.15) is 27.9 Å².